The number of amides is 1. The van der Waals surface area contributed by atoms with E-state index in [1.54, 1.807) is 12.1 Å². The summed E-state index contributed by atoms with van der Waals surface area (Å²) in [6, 6.07) is 4.40. The zero-order chi connectivity index (χ0) is 13.6. The molecule has 1 amide bonds. The number of halogens is 2. The van der Waals surface area contributed by atoms with E-state index >= 15 is 0 Å². The van der Waals surface area contributed by atoms with Crippen molar-refractivity contribution in [2.75, 3.05) is 6.54 Å². The minimum atomic E-state index is -3.65. The Morgan fingerprint density at radius 1 is 1.42 bits per heavy atom. The predicted octanol–water partition coefficient (Wildman–Crippen LogP) is 1.07. The maximum absolute atomic E-state index is 13.0. The summed E-state index contributed by atoms with van der Waals surface area (Å²) in [5.74, 6) is -0.116. The number of likely N-dealkylation sites (tertiary alicyclic amines) is 1. The van der Waals surface area contributed by atoms with Gasteiger partial charge in [0, 0.05) is 31.1 Å². The standard InChI is InChI=1S/C12H12F2N2O3/c13-12(14)18-9-3-1-2-7(11(9)19-12)5-16-6-8(15)4-10(16)17/h1-3,8H,4-6,15H2. The smallest absolute Gasteiger partial charge is 0.395 e. The van der Waals surface area contributed by atoms with Crippen LogP contribution in [0.1, 0.15) is 12.0 Å². The summed E-state index contributed by atoms with van der Waals surface area (Å²) >= 11 is 0. The van der Waals surface area contributed by atoms with E-state index in [2.05, 4.69) is 9.47 Å². The molecule has 2 aliphatic rings. The van der Waals surface area contributed by atoms with Crippen LogP contribution in [0.5, 0.6) is 11.5 Å². The van der Waals surface area contributed by atoms with Crippen LogP contribution in [-0.2, 0) is 11.3 Å². The van der Waals surface area contributed by atoms with Gasteiger partial charge in [0.2, 0.25) is 5.91 Å². The highest BCUT2D eigenvalue weighted by Gasteiger charge is 2.44. The number of nitrogens with two attached hydrogens (primary N) is 1. The molecule has 2 aliphatic heterocycles. The van der Waals surface area contributed by atoms with Crippen molar-refractivity contribution in [2.24, 2.45) is 5.73 Å². The fourth-order valence-electron chi connectivity index (χ4n) is 2.31. The van der Waals surface area contributed by atoms with Gasteiger partial charge in [0.25, 0.3) is 0 Å². The number of rotatable bonds is 2. The molecule has 1 aromatic carbocycles. The average Bonchev–Trinajstić information content (AvgIpc) is 2.78. The van der Waals surface area contributed by atoms with Crippen LogP contribution in [0.15, 0.2) is 18.2 Å². The van der Waals surface area contributed by atoms with Gasteiger partial charge in [0.15, 0.2) is 11.5 Å². The van der Waals surface area contributed by atoms with Gasteiger partial charge in [-0.15, -0.1) is 8.78 Å². The van der Waals surface area contributed by atoms with E-state index in [1.807, 2.05) is 0 Å². The third-order valence-corrected chi connectivity index (χ3v) is 3.12. The second-order valence-corrected chi connectivity index (χ2v) is 4.65. The summed E-state index contributed by atoms with van der Waals surface area (Å²) < 4.78 is 34.9. The first kappa shape index (κ1) is 12.2. The summed E-state index contributed by atoms with van der Waals surface area (Å²) in [5.41, 5.74) is 6.17. The maximum atomic E-state index is 13.0. The molecular weight excluding hydrogens is 258 g/mol. The Hall–Kier alpha value is -1.89. The normalized spacial score (nSPS) is 24.1. The molecule has 0 aromatic heterocycles. The molecule has 5 nitrogen and oxygen atoms in total. The summed E-state index contributed by atoms with van der Waals surface area (Å²) in [4.78, 5) is 13.2. The number of nitrogens with zero attached hydrogens (tertiary/aromatic N) is 1. The zero-order valence-corrected chi connectivity index (χ0v) is 9.94. The number of carbonyl (C=O) groups excluding carboxylic acids is 1. The van der Waals surface area contributed by atoms with E-state index in [0.29, 0.717) is 12.1 Å². The first-order valence-electron chi connectivity index (χ1n) is 5.86. The molecule has 102 valence electrons. The van der Waals surface area contributed by atoms with Crippen molar-refractivity contribution in [1.82, 2.24) is 4.90 Å². The molecule has 1 atom stereocenters. The first-order valence-corrected chi connectivity index (χ1v) is 5.86. The first-order chi connectivity index (χ1) is 8.94. The summed E-state index contributed by atoms with van der Waals surface area (Å²) in [5, 5.41) is 0. The van der Waals surface area contributed by atoms with E-state index in [9.17, 15) is 13.6 Å². The molecule has 1 unspecified atom stereocenters. The summed E-state index contributed by atoms with van der Waals surface area (Å²) in [6.07, 6.45) is -3.37. The highest BCUT2D eigenvalue weighted by molar-refractivity contribution is 5.79. The topological polar surface area (TPSA) is 64.8 Å². The van der Waals surface area contributed by atoms with Crippen molar-refractivity contribution in [3.05, 3.63) is 23.8 Å². The van der Waals surface area contributed by atoms with Crippen LogP contribution in [-0.4, -0.2) is 29.7 Å². The van der Waals surface area contributed by atoms with Crippen LogP contribution >= 0.6 is 0 Å². The lowest BCUT2D eigenvalue weighted by Crippen LogP contribution is -2.28. The van der Waals surface area contributed by atoms with Gasteiger partial charge in [-0.25, -0.2) is 0 Å². The molecule has 2 heterocycles. The molecule has 0 spiro atoms. The molecule has 3 rings (SSSR count). The Bertz CT molecular complexity index is 536. The highest BCUT2D eigenvalue weighted by atomic mass is 19.3. The Morgan fingerprint density at radius 3 is 2.89 bits per heavy atom. The van der Waals surface area contributed by atoms with Crippen LogP contribution in [0.25, 0.3) is 0 Å². The number of para-hydroxylation sites is 1. The molecule has 1 fully saturated rings. The molecule has 1 saturated heterocycles. The Balaban J connectivity index is 1.84. The number of hydrogen-bond donors (Lipinski definition) is 1. The van der Waals surface area contributed by atoms with Crippen molar-refractivity contribution < 1.29 is 23.0 Å². The number of ether oxygens (including phenoxy) is 2. The lowest BCUT2D eigenvalue weighted by molar-refractivity contribution is -0.287. The molecule has 1 aromatic rings. The Labute approximate surface area is 107 Å². The number of alkyl halides is 2. The molecule has 0 saturated carbocycles. The fourth-order valence-corrected chi connectivity index (χ4v) is 2.31. The van der Waals surface area contributed by atoms with Crippen LogP contribution in [0, 0.1) is 0 Å². The van der Waals surface area contributed by atoms with E-state index in [-0.39, 0.29) is 36.4 Å². The zero-order valence-electron chi connectivity index (χ0n) is 9.94. The van der Waals surface area contributed by atoms with Crippen molar-refractivity contribution in [3.63, 3.8) is 0 Å². The van der Waals surface area contributed by atoms with E-state index in [0.717, 1.165) is 0 Å². The summed E-state index contributed by atoms with van der Waals surface area (Å²) in [7, 11) is 0. The van der Waals surface area contributed by atoms with Gasteiger partial charge in [-0.2, -0.15) is 0 Å². The lowest BCUT2D eigenvalue weighted by Gasteiger charge is -2.17. The third-order valence-electron chi connectivity index (χ3n) is 3.12. The molecule has 0 aliphatic carbocycles. The molecular formula is C12H12F2N2O3. The summed E-state index contributed by atoms with van der Waals surface area (Å²) in [6.45, 7) is 0.606. The molecule has 2 N–H and O–H groups in total. The molecule has 7 heteroatoms. The van der Waals surface area contributed by atoms with Gasteiger partial charge < -0.3 is 20.1 Å². The monoisotopic (exact) mass is 270 g/mol. The third kappa shape index (κ3) is 2.21. The van der Waals surface area contributed by atoms with E-state index < -0.39 is 6.29 Å². The lowest BCUT2D eigenvalue weighted by atomic mass is 10.2. The minimum absolute atomic E-state index is 0.0132. The van der Waals surface area contributed by atoms with Crippen LogP contribution in [0.3, 0.4) is 0 Å². The quantitative estimate of drug-likeness (QED) is 0.873. The number of fused-ring (bicyclic) bond motifs is 1. The molecule has 0 bridgehead atoms. The van der Waals surface area contributed by atoms with Gasteiger partial charge in [0.05, 0.1) is 0 Å². The predicted molar refractivity (Wildman–Crippen MR) is 60.7 cm³/mol. The van der Waals surface area contributed by atoms with Gasteiger partial charge >= 0.3 is 6.29 Å². The van der Waals surface area contributed by atoms with Crippen LogP contribution in [0.4, 0.5) is 8.78 Å². The average molecular weight is 270 g/mol. The van der Waals surface area contributed by atoms with Crippen LogP contribution in [0.2, 0.25) is 0 Å². The second-order valence-electron chi connectivity index (χ2n) is 4.65. The second kappa shape index (κ2) is 4.06. The fraction of sp³-hybridized carbons (Fsp3) is 0.417. The van der Waals surface area contributed by atoms with Crippen molar-refractivity contribution in [2.45, 2.75) is 25.3 Å². The largest absolute Gasteiger partial charge is 0.586 e. The minimum Gasteiger partial charge on any atom is -0.395 e. The van der Waals surface area contributed by atoms with Gasteiger partial charge in [-0.05, 0) is 6.07 Å². The Kier molecular flexibility index (Phi) is 2.60. The number of benzene rings is 1. The number of carbonyl (C=O) groups is 1. The van der Waals surface area contributed by atoms with Gasteiger partial charge in [-0.3, -0.25) is 4.79 Å². The number of hydrogen-bond acceptors (Lipinski definition) is 4. The van der Waals surface area contributed by atoms with Crippen molar-refractivity contribution in [3.8, 4) is 11.5 Å². The van der Waals surface area contributed by atoms with E-state index in [4.69, 9.17) is 5.73 Å². The van der Waals surface area contributed by atoms with Gasteiger partial charge in [-0.1, -0.05) is 12.1 Å². The SMILES string of the molecule is NC1CC(=O)N(Cc2cccc3c2OC(F)(F)O3)C1. The maximum Gasteiger partial charge on any atom is 0.586 e. The molecule has 0 radical (unpaired) electrons. The van der Waals surface area contributed by atoms with Gasteiger partial charge in [0.1, 0.15) is 0 Å². The van der Waals surface area contributed by atoms with E-state index in [1.165, 1.54) is 11.0 Å². The molecule has 19 heavy (non-hydrogen) atoms. The Morgan fingerprint density at radius 2 is 2.21 bits per heavy atom. The van der Waals surface area contributed by atoms with Crippen LogP contribution < -0.4 is 15.2 Å². The highest BCUT2D eigenvalue weighted by Crippen LogP contribution is 2.43. The van der Waals surface area contributed by atoms with Crippen molar-refractivity contribution in [1.29, 1.82) is 0 Å². The van der Waals surface area contributed by atoms with Crippen molar-refractivity contribution >= 4 is 5.91 Å².